The smallest absolute Gasteiger partial charge is 0.187 e. The third-order valence-corrected chi connectivity index (χ3v) is 19.5. The monoisotopic (exact) mass is 1030 g/mol. The van der Waals surface area contributed by atoms with E-state index in [1.807, 2.05) is 0 Å². The van der Waals surface area contributed by atoms with Crippen molar-refractivity contribution in [2.45, 2.75) is 220 Å². The molecule has 1 unspecified atom stereocenters. The summed E-state index contributed by atoms with van der Waals surface area (Å²) < 4.78 is 61.4. The molecule has 22 nitrogen and oxygen atoms in total. The van der Waals surface area contributed by atoms with E-state index in [1.165, 1.54) is 5.57 Å². The van der Waals surface area contributed by atoms with Gasteiger partial charge in [0.1, 0.15) is 91.6 Å². The van der Waals surface area contributed by atoms with Crippen molar-refractivity contribution in [1.82, 2.24) is 0 Å². The second-order valence-electron chi connectivity index (χ2n) is 23.4. The van der Waals surface area contributed by atoms with Crippen LogP contribution in [0.15, 0.2) is 11.6 Å². The topological polar surface area (TPSA) is 335 Å². The van der Waals surface area contributed by atoms with Crippen LogP contribution < -0.4 is 0 Å². The lowest BCUT2D eigenvalue weighted by Crippen LogP contribution is -2.68. The first-order chi connectivity index (χ1) is 34.3. The van der Waals surface area contributed by atoms with Crippen molar-refractivity contribution in [3.8, 4) is 0 Å². The van der Waals surface area contributed by atoms with Gasteiger partial charge in [-0.05, 0) is 91.8 Å². The normalized spacial score (nSPS) is 56.6. The molecule has 72 heavy (non-hydrogen) atoms. The molecule has 22 heteroatoms. The van der Waals surface area contributed by atoms with Crippen molar-refractivity contribution >= 4 is 0 Å². The summed E-state index contributed by atoms with van der Waals surface area (Å²) in [4.78, 5) is 0. The van der Waals surface area contributed by atoms with Gasteiger partial charge in [-0.15, -0.1) is 0 Å². The van der Waals surface area contributed by atoms with E-state index < -0.39 is 155 Å². The van der Waals surface area contributed by atoms with Gasteiger partial charge in [0, 0.05) is 12.3 Å². The molecule has 0 amide bonds. The fraction of sp³-hybridized carbons (Fsp3) is 0.960. The standard InChI is InChI=1S/C50H80O22/c1-20-7-12-50(63-19-20)21(2)32-27(72-50)14-26-24-6-5-22-13-23(8-10-48(22,3)25(24)9-11-49(26,32)4)64-44-40(62)37(59)41(31(18-54)68-44)69-47-43(71-46-39(61)36(58)33(55)28(15-51)65-46)42(35(57)30(17-53)67-47)70-45-38(60)34(56)29(16-52)66-45/h5,20-21,23-47,51-62H,6-19H2,1-4H3/t20?,21-,23-,24+,25-,26-,27-,28+,29+,30+,31+,32-,33+,34-,35+,36-,37+,38+,39+,40+,41-,42-,43+,44+,45-,46-,47-,48-,49-,50+/m0/s1. The Morgan fingerprint density at radius 2 is 1.14 bits per heavy atom. The first-order valence-corrected chi connectivity index (χ1v) is 26.4. The van der Waals surface area contributed by atoms with Gasteiger partial charge in [-0.1, -0.05) is 39.3 Å². The highest BCUT2D eigenvalue weighted by molar-refractivity contribution is 5.26. The van der Waals surface area contributed by atoms with Crippen LogP contribution >= 0.6 is 0 Å². The van der Waals surface area contributed by atoms with E-state index in [9.17, 15) is 61.3 Å². The minimum atomic E-state index is -2.00. The second-order valence-corrected chi connectivity index (χ2v) is 23.4. The Morgan fingerprint density at radius 3 is 1.79 bits per heavy atom. The maximum atomic E-state index is 11.8. The van der Waals surface area contributed by atoms with Crippen LogP contribution in [0.2, 0.25) is 0 Å². The number of allylic oxidation sites excluding steroid dienone is 1. The Kier molecular flexibility index (Phi) is 15.7. The minimum absolute atomic E-state index is 0.0473. The van der Waals surface area contributed by atoms with Crippen LogP contribution in [0, 0.1) is 46.3 Å². The summed E-state index contributed by atoms with van der Waals surface area (Å²) in [6, 6.07) is 0. The quantitative estimate of drug-likeness (QED) is 0.0911. The highest BCUT2D eigenvalue weighted by Gasteiger charge is 2.69. The molecule has 0 aromatic heterocycles. The van der Waals surface area contributed by atoms with Crippen LogP contribution in [0.4, 0.5) is 0 Å². The predicted molar refractivity (Wildman–Crippen MR) is 242 cm³/mol. The molecular formula is C50H80O22. The van der Waals surface area contributed by atoms with Crippen LogP contribution in [0.25, 0.3) is 0 Å². The predicted octanol–water partition coefficient (Wildman–Crippen LogP) is -2.35. The van der Waals surface area contributed by atoms with Crippen molar-refractivity contribution in [2.75, 3.05) is 33.0 Å². The number of aliphatic hydroxyl groups excluding tert-OH is 12. The summed E-state index contributed by atoms with van der Waals surface area (Å²) in [5.41, 5.74) is 1.44. The molecule has 30 atom stereocenters. The lowest BCUT2D eigenvalue weighted by atomic mass is 9.47. The summed E-state index contributed by atoms with van der Waals surface area (Å²) in [6.07, 6.45) is -21.8. The average Bonchev–Trinajstić information content (AvgIpc) is 3.93. The molecule has 10 rings (SSSR count). The Bertz CT molecular complexity index is 1890. The molecule has 9 fully saturated rings. The zero-order valence-electron chi connectivity index (χ0n) is 41.5. The van der Waals surface area contributed by atoms with Gasteiger partial charge < -0.3 is 109 Å². The molecule has 0 bridgehead atoms. The largest absolute Gasteiger partial charge is 0.394 e. The van der Waals surface area contributed by atoms with Gasteiger partial charge in [-0.2, -0.15) is 0 Å². The van der Waals surface area contributed by atoms with E-state index in [-0.39, 0.29) is 16.9 Å². The highest BCUT2D eigenvalue weighted by atomic mass is 16.8. The summed E-state index contributed by atoms with van der Waals surface area (Å²) in [5, 5.41) is 129. The van der Waals surface area contributed by atoms with Crippen LogP contribution in [0.1, 0.15) is 85.5 Å². The van der Waals surface area contributed by atoms with E-state index in [4.69, 9.17) is 47.4 Å². The molecule has 12 N–H and O–H groups in total. The number of aliphatic hydroxyl groups is 12. The summed E-state index contributed by atoms with van der Waals surface area (Å²) in [5.74, 6) is 2.46. The summed E-state index contributed by atoms with van der Waals surface area (Å²) >= 11 is 0. The van der Waals surface area contributed by atoms with E-state index in [1.54, 1.807) is 0 Å². The van der Waals surface area contributed by atoms with Crippen molar-refractivity contribution in [1.29, 1.82) is 0 Å². The number of hydrogen-bond donors (Lipinski definition) is 12. The van der Waals surface area contributed by atoms with Crippen molar-refractivity contribution in [3.05, 3.63) is 11.6 Å². The Labute approximate surface area is 419 Å². The SMILES string of the molecule is CC1CC[C@@]2(OC1)O[C@H]1C[C@H]3[C@@H]4CC=C5C[C@@H](O[C@@H]6O[C@H](CO)[C@H](O[C@@H]7O[C@H](CO)[C@@H](O)[C@H](O[C@@H]8O[C@H](CO)[C@H](O)[C@H]8O)[C@H]7O[C@@H]7O[C@H](CO)[C@@H](O)[C@H](O)[C@H]7O)[C@H](O)[C@H]6O)CC[C@]5(C)[C@H]4CC[C@]3(C)[C@H]1[C@@H]2C. The van der Waals surface area contributed by atoms with E-state index >= 15 is 0 Å². The van der Waals surface area contributed by atoms with Gasteiger partial charge in [0.05, 0.1) is 45.2 Å². The van der Waals surface area contributed by atoms with Crippen molar-refractivity contribution in [3.63, 3.8) is 0 Å². The highest BCUT2D eigenvalue weighted by Crippen LogP contribution is 2.71. The number of ether oxygens (including phenoxy) is 10. The number of rotatable bonds is 12. The van der Waals surface area contributed by atoms with Crippen LogP contribution in [0.5, 0.6) is 0 Å². The lowest BCUT2D eigenvalue weighted by molar-refractivity contribution is -0.399. The fourth-order valence-electron chi connectivity index (χ4n) is 15.4. The fourth-order valence-corrected chi connectivity index (χ4v) is 15.4. The molecule has 3 saturated carbocycles. The zero-order chi connectivity index (χ0) is 51.3. The van der Waals surface area contributed by atoms with Gasteiger partial charge in [-0.25, -0.2) is 0 Å². The van der Waals surface area contributed by atoms with E-state index in [2.05, 4.69) is 33.8 Å². The number of hydrogen-bond acceptors (Lipinski definition) is 22. The van der Waals surface area contributed by atoms with Gasteiger partial charge in [0.15, 0.2) is 30.9 Å². The van der Waals surface area contributed by atoms with Gasteiger partial charge in [-0.3, -0.25) is 0 Å². The van der Waals surface area contributed by atoms with Crippen LogP contribution in [-0.4, -0.2) is 229 Å². The number of fused-ring (bicyclic) bond motifs is 7. The summed E-state index contributed by atoms with van der Waals surface area (Å²) in [6.45, 7) is 7.07. The lowest BCUT2D eigenvalue weighted by Gasteiger charge is -2.58. The Morgan fingerprint density at radius 1 is 0.569 bits per heavy atom. The molecule has 0 radical (unpaired) electrons. The van der Waals surface area contributed by atoms with Crippen LogP contribution in [0.3, 0.4) is 0 Å². The van der Waals surface area contributed by atoms with Gasteiger partial charge in [0.25, 0.3) is 0 Å². The minimum Gasteiger partial charge on any atom is -0.394 e. The molecule has 4 aliphatic carbocycles. The van der Waals surface area contributed by atoms with Gasteiger partial charge in [0.2, 0.25) is 0 Å². The first kappa shape index (κ1) is 54.2. The third kappa shape index (κ3) is 9.08. The molecule has 10 aliphatic rings. The maximum absolute atomic E-state index is 11.8. The van der Waals surface area contributed by atoms with Crippen molar-refractivity contribution in [2.24, 2.45) is 46.3 Å². The summed E-state index contributed by atoms with van der Waals surface area (Å²) in [7, 11) is 0. The molecule has 1 spiro atoms. The Balaban J connectivity index is 0.826. The molecule has 412 valence electrons. The molecule has 0 aromatic rings. The zero-order valence-corrected chi connectivity index (χ0v) is 41.5. The second kappa shape index (κ2) is 20.9. The van der Waals surface area contributed by atoms with E-state index in [0.29, 0.717) is 48.3 Å². The Hall–Kier alpha value is -1.14. The molecular weight excluding hydrogens is 953 g/mol. The molecule has 0 aromatic carbocycles. The van der Waals surface area contributed by atoms with E-state index in [0.717, 1.165) is 51.6 Å². The maximum Gasteiger partial charge on any atom is 0.187 e. The van der Waals surface area contributed by atoms with Crippen molar-refractivity contribution < 1.29 is 109 Å². The average molecular weight is 1030 g/mol. The third-order valence-electron chi connectivity index (χ3n) is 19.5. The molecule has 6 heterocycles. The van der Waals surface area contributed by atoms with Gasteiger partial charge >= 0.3 is 0 Å². The molecule has 6 aliphatic heterocycles. The molecule has 6 saturated heterocycles. The van der Waals surface area contributed by atoms with Crippen LogP contribution in [-0.2, 0) is 47.4 Å². The first-order valence-electron chi connectivity index (χ1n) is 26.4.